The Bertz CT molecular complexity index is 1300. The second-order valence-electron chi connectivity index (χ2n) is 8.46. The topological polar surface area (TPSA) is 116 Å². The fourth-order valence-corrected chi connectivity index (χ4v) is 4.92. The summed E-state index contributed by atoms with van der Waals surface area (Å²) in [7, 11) is 1.60. The van der Waals surface area contributed by atoms with Crippen LogP contribution in [0, 0.1) is 11.8 Å². The first-order valence-electron chi connectivity index (χ1n) is 10.8. The molecule has 10 nitrogen and oxygen atoms in total. The molecule has 2 aliphatic rings. The quantitative estimate of drug-likeness (QED) is 0.445. The van der Waals surface area contributed by atoms with Crippen molar-refractivity contribution in [2.24, 2.45) is 18.9 Å². The SMILES string of the molecule is CC(C(=O)OCc1nnc2n(C)c(=O)c3ccccc3n12)N1C(=O)C2CCCCC2C1=O. The zero-order chi connectivity index (χ0) is 22.6. The van der Waals surface area contributed by atoms with Gasteiger partial charge in [-0.1, -0.05) is 25.0 Å². The number of fused-ring (bicyclic) bond motifs is 4. The third-order valence-electron chi connectivity index (χ3n) is 6.64. The van der Waals surface area contributed by atoms with Crippen LogP contribution in [0.25, 0.3) is 16.7 Å². The highest BCUT2D eigenvalue weighted by molar-refractivity contribution is 6.07. The molecule has 32 heavy (non-hydrogen) atoms. The van der Waals surface area contributed by atoms with E-state index in [4.69, 9.17) is 4.74 Å². The van der Waals surface area contributed by atoms with Crippen LogP contribution in [0.4, 0.5) is 0 Å². The van der Waals surface area contributed by atoms with E-state index in [-0.39, 0.29) is 35.8 Å². The van der Waals surface area contributed by atoms with Gasteiger partial charge < -0.3 is 4.74 Å². The van der Waals surface area contributed by atoms with E-state index in [0.717, 1.165) is 17.7 Å². The molecule has 2 fully saturated rings. The first-order valence-corrected chi connectivity index (χ1v) is 10.8. The number of ether oxygens (including phenoxy) is 1. The standard InChI is InChI=1S/C22H23N5O5/c1-12(26-19(29)13-7-3-4-8-14(13)20(26)30)21(31)32-11-17-23-24-22-25(2)18(28)15-9-5-6-10-16(15)27(17)22/h5-6,9-10,12-14H,3-4,7-8,11H2,1-2H3. The number of carbonyl (C=O) groups is 3. The third kappa shape index (κ3) is 2.93. The number of likely N-dealkylation sites (tertiary alicyclic amines) is 1. The van der Waals surface area contributed by atoms with Crippen molar-refractivity contribution >= 4 is 34.5 Å². The van der Waals surface area contributed by atoms with Crippen molar-refractivity contribution in [1.82, 2.24) is 24.1 Å². The average molecular weight is 437 g/mol. The lowest BCUT2D eigenvalue weighted by Gasteiger charge is -2.21. The minimum absolute atomic E-state index is 0.204. The Morgan fingerprint density at radius 3 is 2.44 bits per heavy atom. The summed E-state index contributed by atoms with van der Waals surface area (Å²) in [4.78, 5) is 51.9. The number of carbonyl (C=O) groups excluding carboxylic acids is 3. The Hall–Kier alpha value is -3.56. The Labute approximate surface area is 182 Å². The first kappa shape index (κ1) is 20.3. The number of hydrogen-bond acceptors (Lipinski definition) is 7. The highest BCUT2D eigenvalue weighted by atomic mass is 16.5. The van der Waals surface area contributed by atoms with Gasteiger partial charge in [0.2, 0.25) is 17.6 Å². The maximum absolute atomic E-state index is 12.8. The normalized spacial score (nSPS) is 21.9. The zero-order valence-corrected chi connectivity index (χ0v) is 17.9. The zero-order valence-electron chi connectivity index (χ0n) is 17.9. The summed E-state index contributed by atoms with van der Waals surface area (Å²) >= 11 is 0. The van der Waals surface area contributed by atoms with E-state index in [1.807, 2.05) is 0 Å². The van der Waals surface area contributed by atoms with Gasteiger partial charge in [-0.15, -0.1) is 10.2 Å². The number of aryl methyl sites for hydroxylation is 1. The Kier molecular flexibility index (Phi) is 4.79. The molecule has 10 heteroatoms. The van der Waals surface area contributed by atoms with Crippen LogP contribution in [-0.2, 0) is 32.8 Å². The lowest BCUT2D eigenvalue weighted by Crippen LogP contribution is -2.44. The van der Waals surface area contributed by atoms with Crippen LogP contribution >= 0.6 is 0 Å². The number of amides is 2. The second kappa shape index (κ2) is 7.54. The first-order chi connectivity index (χ1) is 15.4. The molecule has 0 radical (unpaired) electrons. The molecule has 1 saturated carbocycles. The molecule has 1 aromatic carbocycles. The van der Waals surface area contributed by atoms with E-state index in [9.17, 15) is 19.2 Å². The van der Waals surface area contributed by atoms with E-state index in [2.05, 4.69) is 10.2 Å². The maximum atomic E-state index is 12.8. The molecule has 0 bridgehead atoms. The molecular formula is C22H23N5O5. The van der Waals surface area contributed by atoms with Gasteiger partial charge in [-0.05, 0) is 31.9 Å². The summed E-state index contributed by atoms with van der Waals surface area (Å²) in [5.41, 5.74) is 0.397. The van der Waals surface area contributed by atoms with Crippen LogP contribution in [0.15, 0.2) is 29.1 Å². The second-order valence-corrected chi connectivity index (χ2v) is 8.46. The molecule has 0 N–H and O–H groups in total. The monoisotopic (exact) mass is 437 g/mol. The molecule has 3 heterocycles. The molecule has 2 aromatic heterocycles. The highest BCUT2D eigenvalue weighted by Gasteiger charge is 2.51. The van der Waals surface area contributed by atoms with Crippen LogP contribution in [0.5, 0.6) is 0 Å². The fraction of sp³-hybridized carbons (Fsp3) is 0.455. The molecule has 2 amide bonds. The Morgan fingerprint density at radius 2 is 1.75 bits per heavy atom. The number of imide groups is 1. The van der Waals surface area contributed by atoms with Gasteiger partial charge >= 0.3 is 5.97 Å². The summed E-state index contributed by atoms with van der Waals surface area (Å²) in [6, 6.07) is 6.02. The Balaban J connectivity index is 1.39. The predicted octanol–water partition coefficient (Wildman–Crippen LogP) is 1.19. The number of rotatable bonds is 4. The summed E-state index contributed by atoms with van der Waals surface area (Å²) in [6.45, 7) is 1.30. The van der Waals surface area contributed by atoms with Crippen molar-refractivity contribution in [3.8, 4) is 0 Å². The van der Waals surface area contributed by atoms with Crippen molar-refractivity contribution in [3.63, 3.8) is 0 Å². The van der Waals surface area contributed by atoms with Gasteiger partial charge in [-0.3, -0.25) is 28.3 Å². The summed E-state index contributed by atoms with van der Waals surface area (Å²) in [5, 5.41) is 8.65. The molecule has 166 valence electrons. The number of aromatic nitrogens is 4. The van der Waals surface area contributed by atoms with Crippen LogP contribution in [0.3, 0.4) is 0 Å². The summed E-state index contributed by atoms with van der Waals surface area (Å²) in [5.74, 6) is -1.23. The van der Waals surface area contributed by atoms with E-state index in [1.54, 1.807) is 35.7 Å². The largest absolute Gasteiger partial charge is 0.456 e. The Morgan fingerprint density at radius 1 is 1.09 bits per heavy atom. The molecule has 1 aliphatic heterocycles. The highest BCUT2D eigenvalue weighted by Crippen LogP contribution is 2.38. The number of nitrogens with zero attached hydrogens (tertiary/aromatic N) is 5. The van der Waals surface area contributed by atoms with Crippen LogP contribution < -0.4 is 5.56 Å². The molecule has 1 aliphatic carbocycles. The van der Waals surface area contributed by atoms with Gasteiger partial charge in [0.1, 0.15) is 6.04 Å². The summed E-state index contributed by atoms with van der Waals surface area (Å²) in [6.07, 6.45) is 3.21. The smallest absolute Gasteiger partial charge is 0.329 e. The third-order valence-corrected chi connectivity index (χ3v) is 6.64. The average Bonchev–Trinajstić information content (AvgIpc) is 3.35. The van der Waals surface area contributed by atoms with Gasteiger partial charge in [0.25, 0.3) is 5.56 Å². The lowest BCUT2D eigenvalue weighted by molar-refractivity contribution is -0.159. The van der Waals surface area contributed by atoms with E-state index in [1.165, 1.54) is 11.5 Å². The predicted molar refractivity (Wildman–Crippen MR) is 112 cm³/mol. The van der Waals surface area contributed by atoms with Crippen LogP contribution in [-0.4, -0.2) is 47.9 Å². The van der Waals surface area contributed by atoms with Crippen molar-refractivity contribution in [1.29, 1.82) is 0 Å². The molecular weight excluding hydrogens is 414 g/mol. The number of hydrogen-bond donors (Lipinski definition) is 0. The molecule has 3 unspecified atom stereocenters. The van der Waals surface area contributed by atoms with Crippen LogP contribution in [0.1, 0.15) is 38.4 Å². The van der Waals surface area contributed by atoms with Gasteiger partial charge in [0, 0.05) is 7.05 Å². The van der Waals surface area contributed by atoms with Gasteiger partial charge in [0.05, 0.1) is 22.7 Å². The van der Waals surface area contributed by atoms with E-state index in [0.29, 0.717) is 35.3 Å². The number of para-hydroxylation sites is 1. The minimum atomic E-state index is -1.01. The molecule has 0 spiro atoms. The van der Waals surface area contributed by atoms with Crippen molar-refractivity contribution < 1.29 is 19.1 Å². The van der Waals surface area contributed by atoms with Gasteiger partial charge in [-0.25, -0.2) is 4.79 Å². The van der Waals surface area contributed by atoms with Gasteiger partial charge in [0.15, 0.2) is 12.4 Å². The van der Waals surface area contributed by atoms with Crippen molar-refractivity contribution in [3.05, 3.63) is 40.4 Å². The summed E-state index contributed by atoms with van der Waals surface area (Å²) < 4.78 is 8.49. The van der Waals surface area contributed by atoms with Gasteiger partial charge in [-0.2, -0.15) is 0 Å². The van der Waals surface area contributed by atoms with E-state index >= 15 is 0 Å². The van der Waals surface area contributed by atoms with Crippen molar-refractivity contribution in [2.75, 3.05) is 0 Å². The fourth-order valence-electron chi connectivity index (χ4n) is 4.92. The molecule has 1 saturated heterocycles. The van der Waals surface area contributed by atoms with E-state index < -0.39 is 12.0 Å². The number of benzene rings is 1. The minimum Gasteiger partial charge on any atom is -0.456 e. The van der Waals surface area contributed by atoms with Crippen molar-refractivity contribution in [2.45, 2.75) is 45.3 Å². The molecule has 5 rings (SSSR count). The maximum Gasteiger partial charge on any atom is 0.329 e. The lowest BCUT2D eigenvalue weighted by atomic mass is 9.81. The number of esters is 1. The molecule has 3 atom stereocenters. The van der Waals surface area contributed by atoms with Crippen LogP contribution in [0.2, 0.25) is 0 Å². The molecule has 3 aromatic rings.